The molecule has 1 aliphatic rings. The first-order chi connectivity index (χ1) is 12.4. The molecule has 2 nitrogen and oxygen atoms in total. The van der Waals surface area contributed by atoms with Gasteiger partial charge >= 0.3 is 0 Å². The Kier molecular flexibility index (Phi) is 4.07. The van der Waals surface area contributed by atoms with E-state index in [0.717, 1.165) is 0 Å². The largest absolute Gasteiger partial charge is 0.370 e. The maximum atomic E-state index is 2.43. The van der Waals surface area contributed by atoms with Crippen LogP contribution in [0.1, 0.15) is 24.3 Å². The van der Waals surface area contributed by atoms with Gasteiger partial charge in [0.25, 0.3) is 0 Å². The molecule has 1 unspecified atom stereocenters. The van der Waals surface area contributed by atoms with Crippen LogP contribution in [0.4, 0.5) is 10.7 Å². The van der Waals surface area contributed by atoms with Crippen LogP contribution in [0.2, 0.25) is 0 Å². The maximum Gasteiger partial charge on any atom is 0.0909 e. The van der Waals surface area contributed by atoms with Crippen molar-refractivity contribution in [1.82, 2.24) is 0 Å². The van der Waals surface area contributed by atoms with Crippen molar-refractivity contribution in [1.29, 1.82) is 0 Å². The van der Waals surface area contributed by atoms with Crippen LogP contribution >= 0.6 is 11.3 Å². The lowest BCUT2D eigenvalue weighted by Gasteiger charge is -2.30. The maximum absolute atomic E-state index is 2.43. The Labute approximate surface area is 160 Å². The zero-order valence-corrected chi connectivity index (χ0v) is 17.0. The fourth-order valence-corrected chi connectivity index (χ4v) is 5.08. The fourth-order valence-electron chi connectivity index (χ4n) is 4.24. The van der Waals surface area contributed by atoms with Gasteiger partial charge in [0, 0.05) is 37.1 Å². The highest BCUT2D eigenvalue weighted by Gasteiger charge is 2.42. The Balaban J connectivity index is 1.73. The smallest absolute Gasteiger partial charge is 0.0909 e. The molecule has 2 heterocycles. The third-order valence-corrected chi connectivity index (χ3v) is 6.80. The number of rotatable bonds is 3. The number of hydrogen-bond donors (Lipinski definition) is 0. The molecule has 134 valence electrons. The molecule has 26 heavy (non-hydrogen) atoms. The van der Waals surface area contributed by atoms with E-state index in [1.165, 1.54) is 31.9 Å². The summed E-state index contributed by atoms with van der Waals surface area (Å²) in [4.78, 5) is 5.90. The van der Waals surface area contributed by atoms with Crippen molar-refractivity contribution in [3.8, 4) is 0 Å². The van der Waals surface area contributed by atoms with Crippen molar-refractivity contribution in [3.63, 3.8) is 0 Å². The van der Waals surface area contributed by atoms with E-state index >= 15 is 0 Å². The van der Waals surface area contributed by atoms with Crippen molar-refractivity contribution >= 4 is 38.9 Å². The number of likely N-dealkylation sites (N-methyl/N-ethyl adjacent to an activating group) is 1. The normalized spacial score (nSPS) is 18.7. The highest BCUT2D eigenvalue weighted by atomic mass is 32.1. The Hall–Kier alpha value is -2.26. The fraction of sp³-hybridized carbons (Fsp3) is 0.304. The van der Waals surface area contributed by atoms with Gasteiger partial charge in [-0.05, 0) is 40.6 Å². The molecular weight excluding hydrogens is 336 g/mol. The van der Waals surface area contributed by atoms with E-state index < -0.39 is 0 Å². The van der Waals surface area contributed by atoms with Gasteiger partial charge in [0.1, 0.15) is 0 Å². The summed E-state index contributed by atoms with van der Waals surface area (Å²) in [5, 5.41) is 3.99. The Morgan fingerprint density at radius 2 is 1.81 bits per heavy atom. The van der Waals surface area contributed by atoms with E-state index in [1.54, 1.807) is 0 Å². The van der Waals surface area contributed by atoms with Gasteiger partial charge in [0.2, 0.25) is 0 Å². The molecule has 0 N–H and O–H groups in total. The summed E-state index contributed by atoms with van der Waals surface area (Å²) in [5.74, 6) is 0. The molecule has 1 atom stereocenters. The van der Waals surface area contributed by atoms with Crippen molar-refractivity contribution in [3.05, 3.63) is 65.0 Å². The second-order valence-electron chi connectivity index (χ2n) is 7.89. The third kappa shape index (κ3) is 2.62. The standard InChI is InChI=1S/C23H26N2S/c1-23(2)20(14-11-17-12-15-21(26-17)24(3)4)25(5)19-13-10-16-8-6-7-9-18(16)22(19)23/h6-15,20H,1-5H3/b14-11+. The topological polar surface area (TPSA) is 6.48 Å². The first-order valence-electron chi connectivity index (χ1n) is 9.10. The van der Waals surface area contributed by atoms with E-state index in [9.17, 15) is 0 Å². The first kappa shape index (κ1) is 17.2. The third-order valence-electron chi connectivity index (χ3n) is 5.58. The molecule has 2 aromatic carbocycles. The minimum atomic E-state index is 0.0586. The van der Waals surface area contributed by atoms with E-state index in [0.29, 0.717) is 6.04 Å². The molecule has 3 heteroatoms. The van der Waals surface area contributed by atoms with Crippen LogP contribution in [0, 0.1) is 0 Å². The second-order valence-corrected chi connectivity index (χ2v) is 8.98. The van der Waals surface area contributed by atoms with Crippen LogP contribution in [0.5, 0.6) is 0 Å². The van der Waals surface area contributed by atoms with Gasteiger partial charge in [0.05, 0.1) is 11.0 Å². The van der Waals surface area contributed by atoms with Crippen LogP contribution in [-0.4, -0.2) is 27.2 Å². The molecule has 0 aliphatic carbocycles. The summed E-state index contributed by atoms with van der Waals surface area (Å²) >= 11 is 1.83. The molecule has 4 rings (SSSR count). The van der Waals surface area contributed by atoms with Gasteiger partial charge in [0.15, 0.2) is 0 Å². The van der Waals surface area contributed by atoms with Crippen LogP contribution in [0.3, 0.4) is 0 Å². The summed E-state index contributed by atoms with van der Waals surface area (Å²) in [6.07, 6.45) is 4.66. The Bertz CT molecular complexity index is 981. The summed E-state index contributed by atoms with van der Waals surface area (Å²) < 4.78 is 0. The number of thiophene rings is 1. The predicted octanol–water partition coefficient (Wildman–Crippen LogP) is 5.78. The van der Waals surface area contributed by atoms with Crippen molar-refractivity contribution < 1.29 is 0 Å². The highest BCUT2D eigenvalue weighted by molar-refractivity contribution is 7.16. The molecule has 0 bridgehead atoms. The summed E-state index contributed by atoms with van der Waals surface area (Å²) in [6, 6.07) is 18.0. The molecular formula is C23H26N2S. The lowest BCUT2D eigenvalue weighted by molar-refractivity contribution is 0.492. The average molecular weight is 363 g/mol. The van der Waals surface area contributed by atoms with Gasteiger partial charge in [-0.1, -0.05) is 50.3 Å². The SMILES string of the molecule is CN(C)c1ccc(/C=C/C2N(C)c3ccc4ccccc4c3C2(C)C)s1. The van der Waals surface area contributed by atoms with Crippen molar-refractivity contribution in [2.45, 2.75) is 25.3 Å². The molecule has 0 radical (unpaired) electrons. The highest BCUT2D eigenvalue weighted by Crippen LogP contribution is 2.48. The lowest BCUT2D eigenvalue weighted by Crippen LogP contribution is -2.37. The number of hydrogen-bond acceptors (Lipinski definition) is 3. The lowest BCUT2D eigenvalue weighted by atomic mass is 9.78. The predicted molar refractivity (Wildman–Crippen MR) is 117 cm³/mol. The van der Waals surface area contributed by atoms with Crippen LogP contribution in [-0.2, 0) is 5.41 Å². The minimum Gasteiger partial charge on any atom is -0.370 e. The van der Waals surface area contributed by atoms with E-state index in [-0.39, 0.29) is 5.41 Å². The molecule has 0 fully saturated rings. The summed E-state index contributed by atoms with van der Waals surface area (Å²) in [5.41, 5.74) is 2.87. The van der Waals surface area contributed by atoms with E-state index in [2.05, 4.69) is 105 Å². The van der Waals surface area contributed by atoms with Crippen LogP contribution in [0.15, 0.2) is 54.6 Å². The van der Waals surface area contributed by atoms with Gasteiger partial charge < -0.3 is 9.80 Å². The minimum absolute atomic E-state index is 0.0586. The monoisotopic (exact) mass is 362 g/mol. The molecule has 0 spiro atoms. The number of anilines is 2. The number of fused-ring (bicyclic) bond motifs is 3. The molecule has 0 saturated carbocycles. The zero-order valence-electron chi connectivity index (χ0n) is 16.2. The number of benzene rings is 2. The van der Waals surface area contributed by atoms with Gasteiger partial charge in [-0.2, -0.15) is 0 Å². The average Bonchev–Trinajstić information content (AvgIpc) is 3.16. The summed E-state index contributed by atoms with van der Waals surface area (Å²) in [7, 11) is 6.40. The Morgan fingerprint density at radius 1 is 1.04 bits per heavy atom. The van der Waals surface area contributed by atoms with E-state index in [4.69, 9.17) is 0 Å². The molecule has 1 aromatic heterocycles. The van der Waals surface area contributed by atoms with Crippen molar-refractivity contribution in [2.75, 3.05) is 30.9 Å². The first-order valence-corrected chi connectivity index (χ1v) is 9.91. The van der Waals surface area contributed by atoms with Gasteiger partial charge in [-0.3, -0.25) is 0 Å². The van der Waals surface area contributed by atoms with Crippen LogP contribution < -0.4 is 9.80 Å². The summed E-state index contributed by atoms with van der Waals surface area (Å²) in [6.45, 7) is 4.74. The van der Waals surface area contributed by atoms with E-state index in [1.807, 2.05) is 11.3 Å². The van der Waals surface area contributed by atoms with Crippen molar-refractivity contribution in [2.24, 2.45) is 0 Å². The zero-order chi connectivity index (χ0) is 18.5. The molecule has 3 aromatic rings. The molecule has 0 saturated heterocycles. The van der Waals surface area contributed by atoms with Gasteiger partial charge in [-0.25, -0.2) is 0 Å². The quantitative estimate of drug-likeness (QED) is 0.583. The Morgan fingerprint density at radius 3 is 2.54 bits per heavy atom. The molecule has 1 aliphatic heterocycles. The number of nitrogens with zero attached hydrogens (tertiary/aromatic N) is 2. The van der Waals surface area contributed by atoms with Crippen LogP contribution in [0.25, 0.3) is 16.8 Å². The molecule has 0 amide bonds. The second kappa shape index (κ2) is 6.17. The van der Waals surface area contributed by atoms with Gasteiger partial charge in [-0.15, -0.1) is 11.3 Å².